The van der Waals surface area contributed by atoms with Gasteiger partial charge in [-0.15, -0.1) is 0 Å². The van der Waals surface area contributed by atoms with Crippen molar-refractivity contribution in [3.63, 3.8) is 0 Å². The highest BCUT2D eigenvalue weighted by atomic mass is 16.8. The Balaban J connectivity index is 1.26. The molecule has 0 spiro atoms. The average molecular weight is 475 g/mol. The van der Waals surface area contributed by atoms with Gasteiger partial charge < -0.3 is 29.4 Å². The summed E-state index contributed by atoms with van der Waals surface area (Å²) < 4.78 is 21.3. The number of aromatic nitrogens is 4. The molecule has 0 bridgehead atoms. The lowest BCUT2D eigenvalue weighted by atomic mass is 10.1. The normalized spacial score (nSPS) is 25.1. The van der Waals surface area contributed by atoms with Gasteiger partial charge in [0.05, 0.1) is 29.7 Å². The second kappa shape index (κ2) is 8.35. The second-order valence-corrected chi connectivity index (χ2v) is 9.67. The molecule has 0 unspecified atom stereocenters. The van der Waals surface area contributed by atoms with E-state index < -0.39 is 5.79 Å². The summed E-state index contributed by atoms with van der Waals surface area (Å²) in [5.41, 5.74) is 1.79. The van der Waals surface area contributed by atoms with E-state index >= 15 is 0 Å². The number of benzene rings is 1. The largest absolute Gasteiger partial charge is 0.493 e. The van der Waals surface area contributed by atoms with Crippen LogP contribution in [-0.4, -0.2) is 58.2 Å². The molecule has 3 aromatic heterocycles. The molecular formula is C26H30N6O3. The van der Waals surface area contributed by atoms with Crippen molar-refractivity contribution in [3.8, 4) is 5.75 Å². The summed E-state index contributed by atoms with van der Waals surface area (Å²) in [6.45, 7) is 4.48. The van der Waals surface area contributed by atoms with Crippen LogP contribution < -0.4 is 15.4 Å². The molecule has 1 aliphatic heterocycles. The third-order valence-electron chi connectivity index (χ3n) is 7.04. The van der Waals surface area contributed by atoms with Gasteiger partial charge in [-0.25, -0.2) is 15.0 Å². The summed E-state index contributed by atoms with van der Waals surface area (Å²) in [7, 11) is 3.74. The Morgan fingerprint density at radius 2 is 1.89 bits per heavy atom. The molecule has 6 rings (SSSR count). The first-order valence-electron chi connectivity index (χ1n) is 12.0. The molecule has 2 N–H and O–H groups in total. The Bertz CT molecular complexity index is 1390. The van der Waals surface area contributed by atoms with E-state index in [4.69, 9.17) is 14.2 Å². The van der Waals surface area contributed by atoms with Crippen molar-refractivity contribution < 1.29 is 14.2 Å². The predicted molar refractivity (Wildman–Crippen MR) is 135 cm³/mol. The van der Waals surface area contributed by atoms with Crippen molar-refractivity contribution >= 4 is 33.6 Å². The first-order chi connectivity index (χ1) is 17.0. The summed E-state index contributed by atoms with van der Waals surface area (Å²) in [6.07, 6.45) is 4.39. The zero-order valence-electron chi connectivity index (χ0n) is 20.4. The van der Waals surface area contributed by atoms with E-state index in [1.807, 2.05) is 52.2 Å². The molecule has 1 saturated heterocycles. The van der Waals surface area contributed by atoms with Crippen LogP contribution in [-0.2, 0) is 9.47 Å². The maximum Gasteiger partial charge on any atom is 0.163 e. The highest BCUT2D eigenvalue weighted by molar-refractivity contribution is 5.87. The van der Waals surface area contributed by atoms with Gasteiger partial charge >= 0.3 is 0 Å². The van der Waals surface area contributed by atoms with Gasteiger partial charge in [0, 0.05) is 37.7 Å². The van der Waals surface area contributed by atoms with Crippen molar-refractivity contribution in [2.45, 2.75) is 44.3 Å². The van der Waals surface area contributed by atoms with Gasteiger partial charge in [0.1, 0.15) is 35.5 Å². The fourth-order valence-corrected chi connectivity index (χ4v) is 5.46. The van der Waals surface area contributed by atoms with Gasteiger partial charge in [-0.05, 0) is 50.6 Å². The summed E-state index contributed by atoms with van der Waals surface area (Å²) >= 11 is 0. The van der Waals surface area contributed by atoms with Gasteiger partial charge in [-0.1, -0.05) is 0 Å². The Kier molecular flexibility index (Phi) is 5.26. The average Bonchev–Trinajstić information content (AvgIpc) is 3.52. The first kappa shape index (κ1) is 22.1. The van der Waals surface area contributed by atoms with E-state index in [1.54, 1.807) is 6.33 Å². The molecule has 0 amide bonds. The van der Waals surface area contributed by atoms with E-state index in [1.165, 1.54) is 0 Å². The van der Waals surface area contributed by atoms with Crippen molar-refractivity contribution in [2.24, 2.45) is 5.92 Å². The molecule has 1 aromatic carbocycles. The van der Waals surface area contributed by atoms with Crippen molar-refractivity contribution in [1.82, 2.24) is 19.5 Å². The molecule has 9 heteroatoms. The van der Waals surface area contributed by atoms with Crippen LogP contribution in [0.25, 0.3) is 21.9 Å². The number of pyridine rings is 1. The molecule has 4 aromatic rings. The lowest BCUT2D eigenvalue weighted by Crippen LogP contribution is -2.29. The number of hydrogen-bond donors (Lipinski definition) is 2. The zero-order valence-corrected chi connectivity index (χ0v) is 20.4. The maximum atomic E-state index is 6.41. The predicted octanol–water partition coefficient (Wildman–Crippen LogP) is 4.22. The quantitative estimate of drug-likeness (QED) is 0.429. The van der Waals surface area contributed by atoms with E-state index in [0.717, 1.165) is 45.7 Å². The van der Waals surface area contributed by atoms with Crippen LogP contribution in [0.2, 0.25) is 0 Å². The Hall–Kier alpha value is -3.43. The Labute approximate surface area is 203 Å². The fourth-order valence-electron chi connectivity index (χ4n) is 5.46. The van der Waals surface area contributed by atoms with Gasteiger partial charge in [0.2, 0.25) is 0 Å². The topological polar surface area (TPSA) is 95.4 Å². The standard InChI is InChI=1S/C26H30N6O3/c1-26(2)34-22-16(13-33-17-7-5-15-6-8-21(27-3)31-19(15)12-17)11-20(23(22)35-26)32-10-9-18-24(28-4)29-14-30-25(18)32/h5-10,12,14,16,20,22-23H,11,13H2,1-4H3,(H,27,31)(H,28,29,30)/t16-,20-,22-,23+/m1/s1. The van der Waals surface area contributed by atoms with Gasteiger partial charge in [-0.2, -0.15) is 0 Å². The minimum absolute atomic E-state index is 0.0625. The van der Waals surface area contributed by atoms with Crippen molar-refractivity contribution in [3.05, 3.63) is 48.9 Å². The molecular weight excluding hydrogens is 444 g/mol. The molecule has 4 heterocycles. The fraction of sp³-hybridized carbons (Fsp3) is 0.423. The monoisotopic (exact) mass is 474 g/mol. The van der Waals surface area contributed by atoms with Crippen LogP contribution in [0.4, 0.5) is 11.6 Å². The number of ether oxygens (including phenoxy) is 3. The van der Waals surface area contributed by atoms with Crippen LogP contribution in [0.3, 0.4) is 0 Å². The number of anilines is 2. The molecule has 0 radical (unpaired) electrons. The first-order valence-corrected chi connectivity index (χ1v) is 12.0. The summed E-state index contributed by atoms with van der Waals surface area (Å²) in [4.78, 5) is 13.6. The van der Waals surface area contributed by atoms with Crippen LogP contribution in [0.15, 0.2) is 48.9 Å². The molecule has 2 aliphatic rings. The SMILES string of the molecule is CNc1ccc2ccc(OC[C@H]3C[C@@H](n4ccc5c(NC)ncnc54)[C@@H]4OC(C)(C)O[C@H]34)cc2n1. The van der Waals surface area contributed by atoms with Gasteiger partial charge in [0.25, 0.3) is 0 Å². The van der Waals surface area contributed by atoms with Crippen LogP contribution in [0.1, 0.15) is 26.3 Å². The lowest BCUT2D eigenvalue weighted by molar-refractivity contribution is -0.161. The second-order valence-electron chi connectivity index (χ2n) is 9.67. The molecule has 1 aliphatic carbocycles. The molecule has 2 fully saturated rings. The summed E-state index contributed by atoms with van der Waals surface area (Å²) in [6, 6.07) is 12.2. The maximum absolute atomic E-state index is 6.41. The van der Waals surface area contributed by atoms with Crippen LogP contribution >= 0.6 is 0 Å². The molecule has 182 valence electrons. The zero-order chi connectivity index (χ0) is 24.2. The summed E-state index contributed by atoms with van der Waals surface area (Å²) in [5, 5.41) is 8.31. The third-order valence-corrected chi connectivity index (χ3v) is 7.04. The van der Waals surface area contributed by atoms with E-state index in [-0.39, 0.29) is 24.2 Å². The van der Waals surface area contributed by atoms with Crippen molar-refractivity contribution in [2.75, 3.05) is 31.3 Å². The van der Waals surface area contributed by atoms with Crippen LogP contribution in [0, 0.1) is 5.92 Å². The summed E-state index contributed by atoms with van der Waals surface area (Å²) in [5.74, 6) is 1.98. The van der Waals surface area contributed by atoms with E-state index in [0.29, 0.717) is 6.61 Å². The Morgan fingerprint density at radius 3 is 2.71 bits per heavy atom. The lowest BCUT2D eigenvalue weighted by Gasteiger charge is -2.24. The number of nitrogens with zero attached hydrogens (tertiary/aromatic N) is 4. The number of rotatable bonds is 6. The Morgan fingerprint density at radius 1 is 1.06 bits per heavy atom. The minimum atomic E-state index is -0.642. The van der Waals surface area contributed by atoms with Gasteiger partial charge in [-0.3, -0.25) is 0 Å². The highest BCUT2D eigenvalue weighted by Gasteiger charge is 2.55. The van der Waals surface area contributed by atoms with Crippen molar-refractivity contribution in [1.29, 1.82) is 0 Å². The molecule has 35 heavy (non-hydrogen) atoms. The molecule has 4 atom stereocenters. The van der Waals surface area contributed by atoms with E-state index in [2.05, 4.69) is 48.5 Å². The number of nitrogens with one attached hydrogen (secondary N) is 2. The highest BCUT2D eigenvalue weighted by Crippen LogP contribution is 2.48. The molecule has 1 saturated carbocycles. The number of fused-ring (bicyclic) bond motifs is 3. The minimum Gasteiger partial charge on any atom is -0.493 e. The smallest absolute Gasteiger partial charge is 0.163 e. The van der Waals surface area contributed by atoms with Gasteiger partial charge in [0.15, 0.2) is 5.79 Å². The van der Waals surface area contributed by atoms with E-state index in [9.17, 15) is 0 Å². The number of hydrogen-bond acceptors (Lipinski definition) is 8. The van der Waals surface area contributed by atoms with Crippen LogP contribution in [0.5, 0.6) is 5.75 Å². The third kappa shape index (κ3) is 3.84. The molecule has 9 nitrogen and oxygen atoms in total.